The van der Waals surface area contributed by atoms with Gasteiger partial charge in [-0.1, -0.05) is 0 Å². The quantitative estimate of drug-likeness (QED) is 0.559. The van der Waals surface area contributed by atoms with Gasteiger partial charge in [0, 0.05) is 5.69 Å². The number of rotatable bonds is 4. The highest BCUT2D eigenvalue weighted by molar-refractivity contribution is 5.95. The zero-order valence-corrected chi connectivity index (χ0v) is 9.98. The smallest absolute Gasteiger partial charge is 0.334 e. The van der Waals surface area contributed by atoms with E-state index in [1.54, 1.807) is 19.9 Å². The van der Waals surface area contributed by atoms with Crippen LogP contribution in [0.3, 0.4) is 0 Å². The Bertz CT molecular complexity index is 535. The summed E-state index contributed by atoms with van der Waals surface area (Å²) in [4.78, 5) is 36.1. The molecule has 1 unspecified atom stereocenters. The van der Waals surface area contributed by atoms with Gasteiger partial charge in [0.25, 0.3) is 11.5 Å². The van der Waals surface area contributed by atoms with Crippen LogP contribution >= 0.6 is 0 Å². The second-order valence-corrected chi connectivity index (χ2v) is 3.90. The van der Waals surface area contributed by atoms with Crippen LogP contribution in [0.5, 0.6) is 0 Å². The number of aryl methyl sites for hydroxylation is 2. The van der Waals surface area contributed by atoms with Crippen molar-refractivity contribution in [1.82, 2.24) is 10.3 Å². The van der Waals surface area contributed by atoms with E-state index in [0.717, 1.165) is 0 Å². The lowest BCUT2D eigenvalue weighted by molar-refractivity contribution is -0.146. The maximum Gasteiger partial charge on any atom is 0.334 e. The molecule has 0 aliphatic carbocycles. The molecule has 0 saturated carbocycles. The van der Waals surface area contributed by atoms with Crippen LogP contribution in [0.1, 0.15) is 21.6 Å². The minimum Gasteiger partial charge on any atom is -0.479 e. The number of nitrogens with one attached hydrogen (secondary N) is 2. The second-order valence-electron chi connectivity index (χ2n) is 3.90. The third-order valence-corrected chi connectivity index (χ3v) is 2.33. The highest BCUT2D eigenvalue weighted by atomic mass is 16.4. The van der Waals surface area contributed by atoms with Gasteiger partial charge in [0.15, 0.2) is 6.10 Å². The Hall–Kier alpha value is -2.15. The first-order valence-electron chi connectivity index (χ1n) is 5.22. The molecule has 1 amide bonds. The van der Waals surface area contributed by atoms with Gasteiger partial charge in [0.05, 0.1) is 6.54 Å². The van der Waals surface area contributed by atoms with Gasteiger partial charge in [-0.25, -0.2) is 4.79 Å². The molecule has 0 aliphatic heterocycles. The predicted molar refractivity (Wildman–Crippen MR) is 62.5 cm³/mol. The Morgan fingerprint density at radius 2 is 2.06 bits per heavy atom. The molecule has 0 radical (unpaired) electrons. The zero-order valence-electron chi connectivity index (χ0n) is 9.98. The molecular weight excluding hydrogens is 240 g/mol. The van der Waals surface area contributed by atoms with Crippen LogP contribution in [0.2, 0.25) is 0 Å². The van der Waals surface area contributed by atoms with Gasteiger partial charge in [-0.3, -0.25) is 9.59 Å². The molecule has 1 heterocycles. The molecule has 98 valence electrons. The van der Waals surface area contributed by atoms with Gasteiger partial charge < -0.3 is 20.5 Å². The average Bonchev–Trinajstić information content (AvgIpc) is 2.24. The zero-order chi connectivity index (χ0) is 13.9. The van der Waals surface area contributed by atoms with Crippen molar-refractivity contribution in [3.05, 3.63) is 33.2 Å². The van der Waals surface area contributed by atoms with Crippen LogP contribution in [0.25, 0.3) is 0 Å². The number of aromatic nitrogens is 1. The Labute approximate surface area is 102 Å². The van der Waals surface area contributed by atoms with Crippen LogP contribution in [0, 0.1) is 13.8 Å². The summed E-state index contributed by atoms with van der Waals surface area (Å²) in [5.74, 6) is -2.15. The highest BCUT2D eigenvalue weighted by Crippen LogP contribution is 2.03. The lowest BCUT2D eigenvalue weighted by Crippen LogP contribution is -2.39. The number of aliphatic hydroxyl groups excluding tert-OH is 1. The number of amides is 1. The molecule has 0 saturated heterocycles. The number of aliphatic carboxylic acids is 1. The molecule has 1 aromatic heterocycles. The van der Waals surface area contributed by atoms with E-state index in [9.17, 15) is 14.4 Å². The molecular formula is C11H14N2O5. The minimum absolute atomic E-state index is 0.0850. The number of H-pyrrole nitrogens is 1. The van der Waals surface area contributed by atoms with Crippen molar-refractivity contribution in [3.8, 4) is 0 Å². The van der Waals surface area contributed by atoms with E-state index >= 15 is 0 Å². The van der Waals surface area contributed by atoms with Gasteiger partial charge in [-0.2, -0.15) is 0 Å². The summed E-state index contributed by atoms with van der Waals surface area (Å²) in [7, 11) is 0. The second kappa shape index (κ2) is 5.46. The van der Waals surface area contributed by atoms with Crippen molar-refractivity contribution in [2.75, 3.05) is 6.54 Å². The van der Waals surface area contributed by atoms with E-state index < -0.39 is 30.1 Å². The Morgan fingerprint density at radius 3 is 2.56 bits per heavy atom. The minimum atomic E-state index is -1.70. The fourth-order valence-corrected chi connectivity index (χ4v) is 1.50. The average molecular weight is 254 g/mol. The molecule has 0 bridgehead atoms. The van der Waals surface area contributed by atoms with Crippen molar-refractivity contribution < 1.29 is 19.8 Å². The molecule has 1 atom stereocenters. The number of aliphatic hydroxyl groups is 1. The van der Waals surface area contributed by atoms with Gasteiger partial charge in [-0.15, -0.1) is 0 Å². The number of carboxylic acids is 1. The molecule has 0 aliphatic rings. The topological polar surface area (TPSA) is 119 Å². The number of pyridine rings is 1. The summed E-state index contributed by atoms with van der Waals surface area (Å²) in [5.41, 5.74) is 0.478. The first-order chi connectivity index (χ1) is 8.32. The van der Waals surface area contributed by atoms with Crippen LogP contribution in [0.4, 0.5) is 0 Å². The first-order valence-corrected chi connectivity index (χ1v) is 5.22. The maximum absolute atomic E-state index is 11.7. The van der Waals surface area contributed by atoms with Gasteiger partial charge in [0.1, 0.15) is 5.56 Å². The summed E-state index contributed by atoms with van der Waals surface area (Å²) in [5, 5.41) is 19.6. The SMILES string of the molecule is Cc1cc(C)c(C(=O)NCC(O)C(=O)O)c(=O)[nH]1. The van der Waals surface area contributed by atoms with Gasteiger partial charge >= 0.3 is 5.97 Å². The molecule has 1 rings (SSSR count). The number of carbonyl (C=O) groups excluding carboxylic acids is 1. The summed E-state index contributed by atoms with van der Waals surface area (Å²) >= 11 is 0. The lowest BCUT2D eigenvalue weighted by atomic mass is 10.1. The van der Waals surface area contributed by atoms with Crippen molar-refractivity contribution >= 4 is 11.9 Å². The predicted octanol–water partition coefficient (Wildman–Crippen LogP) is -0.833. The molecule has 0 aromatic carbocycles. The third kappa shape index (κ3) is 3.17. The van der Waals surface area contributed by atoms with E-state index in [4.69, 9.17) is 10.2 Å². The normalized spacial score (nSPS) is 11.9. The number of aromatic amines is 1. The monoisotopic (exact) mass is 254 g/mol. The number of hydrogen-bond acceptors (Lipinski definition) is 4. The fraction of sp³-hybridized carbons (Fsp3) is 0.364. The van der Waals surface area contributed by atoms with Crippen molar-refractivity contribution in [2.24, 2.45) is 0 Å². The molecule has 0 spiro atoms. The first kappa shape index (κ1) is 13.9. The van der Waals surface area contributed by atoms with Crippen molar-refractivity contribution in [2.45, 2.75) is 20.0 Å². The number of carboxylic acid groups (broad SMARTS) is 1. The van der Waals surface area contributed by atoms with E-state index in [1.165, 1.54) is 0 Å². The summed E-state index contributed by atoms with van der Waals surface area (Å²) in [6.07, 6.45) is -1.70. The van der Waals surface area contributed by atoms with E-state index in [0.29, 0.717) is 11.3 Å². The Morgan fingerprint density at radius 1 is 1.44 bits per heavy atom. The van der Waals surface area contributed by atoms with Crippen molar-refractivity contribution in [3.63, 3.8) is 0 Å². The lowest BCUT2D eigenvalue weighted by Gasteiger charge is -2.09. The molecule has 1 aromatic rings. The number of hydrogen-bond donors (Lipinski definition) is 4. The third-order valence-electron chi connectivity index (χ3n) is 2.33. The molecule has 7 heteroatoms. The van der Waals surface area contributed by atoms with Gasteiger partial charge in [-0.05, 0) is 25.5 Å². The van der Waals surface area contributed by atoms with Gasteiger partial charge in [0.2, 0.25) is 0 Å². The van der Waals surface area contributed by atoms with E-state index in [-0.39, 0.29) is 5.56 Å². The Kier molecular flexibility index (Phi) is 4.22. The fourth-order valence-electron chi connectivity index (χ4n) is 1.50. The van der Waals surface area contributed by atoms with E-state index in [2.05, 4.69) is 10.3 Å². The van der Waals surface area contributed by atoms with Crippen LogP contribution in [-0.2, 0) is 4.79 Å². The standard InChI is InChI=1S/C11H14N2O5/c1-5-3-6(2)13-10(16)8(5)9(15)12-4-7(14)11(17)18/h3,7,14H,4H2,1-2H3,(H,12,15)(H,13,16)(H,17,18). The van der Waals surface area contributed by atoms with E-state index in [1.807, 2.05) is 0 Å². The molecule has 18 heavy (non-hydrogen) atoms. The summed E-state index contributed by atoms with van der Waals surface area (Å²) < 4.78 is 0. The maximum atomic E-state index is 11.7. The summed E-state index contributed by atoms with van der Waals surface area (Å²) in [6.45, 7) is 2.83. The van der Waals surface area contributed by atoms with Crippen LogP contribution < -0.4 is 10.9 Å². The Balaban J connectivity index is 2.86. The molecule has 7 nitrogen and oxygen atoms in total. The number of carbonyl (C=O) groups is 2. The van der Waals surface area contributed by atoms with Crippen molar-refractivity contribution in [1.29, 1.82) is 0 Å². The molecule has 4 N–H and O–H groups in total. The largest absolute Gasteiger partial charge is 0.479 e. The highest BCUT2D eigenvalue weighted by Gasteiger charge is 2.18. The summed E-state index contributed by atoms with van der Waals surface area (Å²) in [6, 6.07) is 1.63. The van der Waals surface area contributed by atoms with Crippen LogP contribution in [0.15, 0.2) is 10.9 Å². The van der Waals surface area contributed by atoms with Crippen LogP contribution in [-0.4, -0.2) is 39.7 Å². The molecule has 0 fully saturated rings.